The molecule has 206 valence electrons. The molecule has 10 nitrogen and oxygen atoms in total. The Labute approximate surface area is 230 Å². The summed E-state index contributed by atoms with van der Waals surface area (Å²) in [5, 5.41) is 6.52. The highest BCUT2D eigenvalue weighted by Gasteiger charge is 2.33. The number of aromatic nitrogens is 2. The number of nitrogens with zero attached hydrogens (tertiary/aromatic N) is 3. The SMILES string of the molecule is COCCOc1cc2ncnc(Nc3ccc(F)c(Cl)c3)c2cc1NC(=O)/C=C/CN1CC(=O)OCC1(C)C. The minimum absolute atomic E-state index is 0.0308. The molecule has 0 aliphatic carbocycles. The van der Waals surface area contributed by atoms with Gasteiger partial charge in [0.05, 0.1) is 34.9 Å². The van der Waals surface area contributed by atoms with Crippen molar-refractivity contribution in [3.63, 3.8) is 0 Å². The first-order valence-corrected chi connectivity index (χ1v) is 12.5. The summed E-state index contributed by atoms with van der Waals surface area (Å²) in [5.41, 5.74) is 1.14. The van der Waals surface area contributed by atoms with Crippen LogP contribution in [0.2, 0.25) is 5.02 Å². The van der Waals surface area contributed by atoms with Crippen LogP contribution >= 0.6 is 11.6 Å². The van der Waals surface area contributed by atoms with Crippen molar-refractivity contribution >= 4 is 51.6 Å². The highest BCUT2D eigenvalue weighted by Crippen LogP contribution is 2.34. The van der Waals surface area contributed by atoms with Gasteiger partial charge in [0.2, 0.25) is 5.91 Å². The maximum atomic E-state index is 13.6. The summed E-state index contributed by atoms with van der Waals surface area (Å²) in [5.74, 6) is -0.391. The van der Waals surface area contributed by atoms with Crippen molar-refractivity contribution < 1.29 is 28.2 Å². The lowest BCUT2D eigenvalue weighted by molar-refractivity contribution is -0.159. The Morgan fingerprint density at radius 2 is 2.08 bits per heavy atom. The molecule has 1 fully saturated rings. The molecule has 0 unspecified atom stereocenters. The number of morpholine rings is 1. The number of hydrogen-bond donors (Lipinski definition) is 2. The van der Waals surface area contributed by atoms with E-state index >= 15 is 0 Å². The third-order valence-corrected chi connectivity index (χ3v) is 6.37. The molecule has 2 aromatic carbocycles. The van der Waals surface area contributed by atoms with E-state index in [1.807, 2.05) is 18.7 Å². The Bertz CT molecular complexity index is 1400. The Kier molecular flexibility index (Phi) is 8.95. The fraction of sp³-hybridized carbons (Fsp3) is 0.333. The van der Waals surface area contributed by atoms with Crippen LogP contribution < -0.4 is 15.4 Å². The minimum Gasteiger partial charge on any atom is -0.489 e. The first-order valence-electron chi connectivity index (χ1n) is 12.2. The number of carbonyl (C=O) groups excluding carboxylic acids is 2. The first kappa shape index (κ1) is 28.2. The molecule has 0 radical (unpaired) electrons. The van der Waals surface area contributed by atoms with E-state index in [1.54, 1.807) is 25.3 Å². The molecule has 2 N–H and O–H groups in total. The van der Waals surface area contributed by atoms with Gasteiger partial charge in [-0.1, -0.05) is 17.7 Å². The van der Waals surface area contributed by atoms with Crippen molar-refractivity contribution in [1.29, 1.82) is 0 Å². The van der Waals surface area contributed by atoms with Gasteiger partial charge in [0, 0.05) is 36.9 Å². The van der Waals surface area contributed by atoms with E-state index < -0.39 is 5.82 Å². The van der Waals surface area contributed by atoms with Crippen molar-refractivity contribution in [2.24, 2.45) is 0 Å². The van der Waals surface area contributed by atoms with Crippen molar-refractivity contribution in [2.45, 2.75) is 19.4 Å². The predicted octanol–water partition coefficient (Wildman–Crippen LogP) is 4.32. The Morgan fingerprint density at radius 1 is 1.26 bits per heavy atom. The number of benzene rings is 2. The Hall–Kier alpha value is -3.80. The quantitative estimate of drug-likeness (QED) is 0.213. The molecule has 3 aromatic rings. The smallest absolute Gasteiger partial charge is 0.320 e. The molecule has 0 bridgehead atoms. The lowest BCUT2D eigenvalue weighted by Gasteiger charge is -2.40. The number of carbonyl (C=O) groups is 2. The van der Waals surface area contributed by atoms with E-state index in [0.29, 0.717) is 47.0 Å². The lowest BCUT2D eigenvalue weighted by atomic mass is 10.0. The van der Waals surface area contributed by atoms with Gasteiger partial charge >= 0.3 is 5.97 Å². The molecule has 0 spiro atoms. The highest BCUT2D eigenvalue weighted by molar-refractivity contribution is 6.31. The number of cyclic esters (lactones) is 1. The van der Waals surface area contributed by atoms with Crippen LogP contribution in [0.25, 0.3) is 10.9 Å². The minimum atomic E-state index is -0.533. The number of halogens is 2. The number of amides is 1. The van der Waals surface area contributed by atoms with Gasteiger partial charge in [-0.3, -0.25) is 14.5 Å². The van der Waals surface area contributed by atoms with Gasteiger partial charge in [0.25, 0.3) is 0 Å². The van der Waals surface area contributed by atoms with Crippen molar-refractivity contribution in [3.05, 3.63) is 59.7 Å². The number of rotatable bonds is 10. The first-order chi connectivity index (χ1) is 18.7. The zero-order chi connectivity index (χ0) is 28.0. The zero-order valence-electron chi connectivity index (χ0n) is 21.8. The fourth-order valence-corrected chi connectivity index (χ4v) is 4.06. The largest absolute Gasteiger partial charge is 0.489 e. The van der Waals surface area contributed by atoms with E-state index in [-0.39, 0.29) is 42.2 Å². The second-order valence-corrected chi connectivity index (χ2v) is 9.84. The molecule has 2 heterocycles. The van der Waals surface area contributed by atoms with E-state index in [2.05, 4.69) is 20.6 Å². The van der Waals surface area contributed by atoms with Crippen LogP contribution in [0.4, 0.5) is 21.6 Å². The molecular formula is C27H29ClFN5O5. The summed E-state index contributed by atoms with van der Waals surface area (Å²) in [4.78, 5) is 35.1. The van der Waals surface area contributed by atoms with Gasteiger partial charge in [-0.2, -0.15) is 0 Å². The third kappa shape index (κ3) is 7.20. The lowest BCUT2D eigenvalue weighted by Crippen LogP contribution is -2.54. The van der Waals surface area contributed by atoms with Crippen LogP contribution in [0.3, 0.4) is 0 Å². The van der Waals surface area contributed by atoms with Crippen LogP contribution in [0.5, 0.6) is 5.75 Å². The van der Waals surface area contributed by atoms with Crippen LogP contribution in [0.1, 0.15) is 13.8 Å². The molecule has 1 aliphatic rings. The molecule has 1 aliphatic heterocycles. The summed E-state index contributed by atoms with van der Waals surface area (Å²) < 4.78 is 29.7. The van der Waals surface area contributed by atoms with Gasteiger partial charge in [-0.05, 0) is 38.1 Å². The normalized spacial score (nSPS) is 15.4. The maximum absolute atomic E-state index is 13.6. The fourth-order valence-electron chi connectivity index (χ4n) is 3.88. The Morgan fingerprint density at radius 3 is 2.85 bits per heavy atom. The van der Waals surface area contributed by atoms with Gasteiger partial charge < -0.3 is 24.8 Å². The number of nitrogens with one attached hydrogen (secondary N) is 2. The number of hydrogen-bond acceptors (Lipinski definition) is 9. The average molecular weight is 558 g/mol. The number of ether oxygens (including phenoxy) is 3. The zero-order valence-corrected chi connectivity index (χ0v) is 22.5. The van der Waals surface area contributed by atoms with Crippen molar-refractivity contribution in [3.8, 4) is 5.75 Å². The average Bonchev–Trinajstić information content (AvgIpc) is 2.89. The van der Waals surface area contributed by atoms with E-state index in [1.165, 1.54) is 30.6 Å². The molecule has 1 aromatic heterocycles. The summed E-state index contributed by atoms with van der Waals surface area (Å²) in [7, 11) is 1.56. The standard InChI is InChI=1S/C27H29ClFN5O5/c1-27(2)15-39-25(36)14-34(27)8-4-5-24(35)33-22-12-18-21(13-23(22)38-10-9-37-3)30-16-31-26(18)32-17-6-7-20(29)19(28)11-17/h4-7,11-13,16H,8-10,14-15H2,1-3H3,(H,33,35)(H,30,31,32)/b5-4+. The molecule has 1 amide bonds. The van der Waals surface area contributed by atoms with Crippen LogP contribution in [0, 0.1) is 5.82 Å². The van der Waals surface area contributed by atoms with E-state index in [0.717, 1.165) is 0 Å². The van der Waals surface area contributed by atoms with E-state index in [4.69, 9.17) is 25.8 Å². The summed E-state index contributed by atoms with van der Waals surface area (Å²) in [6, 6.07) is 7.62. The van der Waals surface area contributed by atoms with Gasteiger partial charge in [0.1, 0.15) is 36.9 Å². The topological polar surface area (TPSA) is 115 Å². The van der Waals surface area contributed by atoms with Crippen LogP contribution in [0.15, 0.2) is 48.8 Å². The molecule has 39 heavy (non-hydrogen) atoms. The van der Waals surface area contributed by atoms with Crippen LogP contribution in [-0.2, 0) is 19.1 Å². The van der Waals surface area contributed by atoms with Crippen LogP contribution in [-0.4, -0.2) is 72.3 Å². The van der Waals surface area contributed by atoms with Crippen molar-refractivity contribution in [2.75, 3.05) is 50.7 Å². The van der Waals surface area contributed by atoms with E-state index in [9.17, 15) is 14.0 Å². The summed E-state index contributed by atoms with van der Waals surface area (Å²) in [6.07, 6.45) is 4.48. The second kappa shape index (κ2) is 12.4. The summed E-state index contributed by atoms with van der Waals surface area (Å²) in [6.45, 7) is 5.38. The number of anilines is 3. The highest BCUT2D eigenvalue weighted by atomic mass is 35.5. The van der Waals surface area contributed by atoms with Gasteiger partial charge in [-0.15, -0.1) is 0 Å². The number of fused-ring (bicyclic) bond motifs is 1. The third-order valence-electron chi connectivity index (χ3n) is 6.08. The van der Waals surface area contributed by atoms with Crippen molar-refractivity contribution in [1.82, 2.24) is 14.9 Å². The summed E-state index contributed by atoms with van der Waals surface area (Å²) >= 11 is 5.92. The van der Waals surface area contributed by atoms with Gasteiger partial charge in [0.15, 0.2) is 0 Å². The van der Waals surface area contributed by atoms with Gasteiger partial charge in [-0.25, -0.2) is 14.4 Å². The molecule has 1 saturated heterocycles. The monoisotopic (exact) mass is 557 g/mol. The molecule has 4 rings (SSSR count). The molecular weight excluding hydrogens is 529 g/mol. The second-order valence-electron chi connectivity index (χ2n) is 9.43. The predicted molar refractivity (Wildman–Crippen MR) is 146 cm³/mol. The molecule has 0 saturated carbocycles. The molecule has 12 heteroatoms. The molecule has 0 atom stereocenters. The Balaban J connectivity index is 1.57. The maximum Gasteiger partial charge on any atom is 0.320 e. The number of methoxy groups -OCH3 is 1. The number of esters is 1.